The minimum absolute atomic E-state index is 0.598. The molecule has 2 nitrogen and oxygen atoms in total. The average Bonchev–Trinajstić information content (AvgIpc) is 2.29. The highest BCUT2D eigenvalue weighted by Crippen LogP contribution is 2.32. The summed E-state index contributed by atoms with van der Waals surface area (Å²) in [4.78, 5) is 1.31. The first-order valence-electron chi connectivity index (χ1n) is 5.52. The molecule has 0 saturated carbocycles. The van der Waals surface area contributed by atoms with Crippen LogP contribution in [0.5, 0.6) is 0 Å². The van der Waals surface area contributed by atoms with Crippen molar-refractivity contribution >= 4 is 27.7 Å². The highest BCUT2D eigenvalue weighted by molar-refractivity contribution is 9.10. The molecule has 2 N–H and O–H groups in total. The van der Waals surface area contributed by atoms with Crippen molar-refractivity contribution in [1.29, 1.82) is 0 Å². The molecule has 1 aromatic carbocycles. The van der Waals surface area contributed by atoms with E-state index in [9.17, 15) is 0 Å². The van der Waals surface area contributed by atoms with Crippen LogP contribution in [0.2, 0.25) is 0 Å². The van der Waals surface area contributed by atoms with Crippen LogP contribution in [0.25, 0.3) is 0 Å². The minimum atomic E-state index is 0.598. The molecule has 1 aliphatic rings. The van der Waals surface area contributed by atoms with E-state index in [-0.39, 0.29) is 0 Å². The molecule has 0 aliphatic carbocycles. The highest BCUT2D eigenvalue weighted by atomic mass is 79.9. The summed E-state index contributed by atoms with van der Waals surface area (Å²) in [5.74, 6) is 0. The molecular formula is C12H16BrNOS. The van der Waals surface area contributed by atoms with Gasteiger partial charge in [0.2, 0.25) is 0 Å². The maximum Gasteiger partial charge on any atom is 0.0476 e. The predicted octanol–water partition coefficient (Wildman–Crippen LogP) is 3.18. The number of hydrogen-bond acceptors (Lipinski definition) is 3. The van der Waals surface area contributed by atoms with Crippen LogP contribution in [0.1, 0.15) is 18.4 Å². The van der Waals surface area contributed by atoms with Gasteiger partial charge in [-0.3, -0.25) is 0 Å². The standard InChI is InChI=1S/C12H16BrNOS/c13-10-5-9(8-14)6-12(7-10)16-11-1-3-15-4-2-11/h5-7,11H,1-4,8,14H2. The third-order valence-electron chi connectivity index (χ3n) is 2.64. The smallest absolute Gasteiger partial charge is 0.0476 e. The van der Waals surface area contributed by atoms with Gasteiger partial charge in [0.05, 0.1) is 0 Å². The van der Waals surface area contributed by atoms with Crippen molar-refractivity contribution in [2.45, 2.75) is 29.5 Å². The van der Waals surface area contributed by atoms with Crippen molar-refractivity contribution in [2.75, 3.05) is 13.2 Å². The van der Waals surface area contributed by atoms with Crippen LogP contribution in [-0.2, 0) is 11.3 Å². The SMILES string of the molecule is NCc1cc(Br)cc(SC2CCOCC2)c1. The third kappa shape index (κ3) is 3.48. The van der Waals surface area contributed by atoms with Crippen molar-refractivity contribution in [3.8, 4) is 0 Å². The van der Waals surface area contributed by atoms with Gasteiger partial charge in [-0.15, -0.1) is 11.8 Å². The predicted molar refractivity (Wildman–Crippen MR) is 71.7 cm³/mol. The van der Waals surface area contributed by atoms with Crippen LogP contribution >= 0.6 is 27.7 Å². The molecule has 1 heterocycles. The summed E-state index contributed by atoms with van der Waals surface area (Å²) in [7, 11) is 0. The lowest BCUT2D eigenvalue weighted by atomic mass is 10.2. The number of halogens is 1. The zero-order chi connectivity index (χ0) is 11.4. The Morgan fingerprint density at radius 2 is 2.06 bits per heavy atom. The van der Waals surface area contributed by atoms with E-state index in [4.69, 9.17) is 10.5 Å². The fraction of sp³-hybridized carbons (Fsp3) is 0.500. The van der Waals surface area contributed by atoms with Gasteiger partial charge in [0.15, 0.2) is 0 Å². The van der Waals surface area contributed by atoms with Gasteiger partial charge in [0.1, 0.15) is 0 Å². The van der Waals surface area contributed by atoms with Crippen molar-refractivity contribution in [3.05, 3.63) is 28.2 Å². The Morgan fingerprint density at radius 3 is 2.75 bits per heavy atom. The van der Waals surface area contributed by atoms with E-state index in [1.165, 1.54) is 10.5 Å². The molecule has 4 heteroatoms. The second-order valence-electron chi connectivity index (χ2n) is 3.93. The minimum Gasteiger partial charge on any atom is -0.381 e. The van der Waals surface area contributed by atoms with Crippen LogP contribution in [-0.4, -0.2) is 18.5 Å². The van der Waals surface area contributed by atoms with Crippen LogP contribution < -0.4 is 5.73 Å². The summed E-state index contributed by atoms with van der Waals surface area (Å²) in [5, 5.41) is 0.689. The third-order valence-corrected chi connectivity index (χ3v) is 4.41. The van der Waals surface area contributed by atoms with E-state index in [1.807, 2.05) is 11.8 Å². The Labute approximate surface area is 109 Å². The largest absolute Gasteiger partial charge is 0.381 e. The molecule has 0 unspecified atom stereocenters. The van der Waals surface area contributed by atoms with Gasteiger partial charge in [-0.2, -0.15) is 0 Å². The van der Waals surface area contributed by atoms with Crippen LogP contribution in [0.3, 0.4) is 0 Å². The molecule has 1 aromatic rings. The van der Waals surface area contributed by atoms with Gasteiger partial charge < -0.3 is 10.5 Å². The normalized spacial score (nSPS) is 17.6. The van der Waals surface area contributed by atoms with Gasteiger partial charge in [-0.05, 0) is 36.6 Å². The Hall–Kier alpha value is -0.0300. The maximum atomic E-state index is 5.67. The van der Waals surface area contributed by atoms with Crippen LogP contribution in [0, 0.1) is 0 Å². The summed E-state index contributed by atoms with van der Waals surface area (Å²) in [5.41, 5.74) is 6.85. The summed E-state index contributed by atoms with van der Waals surface area (Å²) < 4.78 is 6.48. The lowest BCUT2D eigenvalue weighted by Crippen LogP contribution is -2.17. The summed E-state index contributed by atoms with van der Waals surface area (Å²) in [6, 6.07) is 6.43. The lowest BCUT2D eigenvalue weighted by Gasteiger charge is -2.21. The Kier molecular flexibility index (Phi) is 4.70. The summed E-state index contributed by atoms with van der Waals surface area (Å²) >= 11 is 5.47. The zero-order valence-electron chi connectivity index (χ0n) is 9.12. The first-order valence-corrected chi connectivity index (χ1v) is 7.19. The van der Waals surface area contributed by atoms with E-state index < -0.39 is 0 Å². The number of thioether (sulfide) groups is 1. The van der Waals surface area contributed by atoms with Crippen molar-refractivity contribution < 1.29 is 4.74 Å². The number of rotatable bonds is 3. The van der Waals surface area contributed by atoms with Crippen molar-refractivity contribution in [3.63, 3.8) is 0 Å². The summed E-state index contributed by atoms with van der Waals surface area (Å²) in [6.07, 6.45) is 2.30. The first-order chi connectivity index (χ1) is 7.78. The quantitative estimate of drug-likeness (QED) is 0.931. The highest BCUT2D eigenvalue weighted by Gasteiger charge is 2.15. The molecule has 1 aliphatic heterocycles. The van der Waals surface area contributed by atoms with E-state index in [1.54, 1.807) is 0 Å². The zero-order valence-corrected chi connectivity index (χ0v) is 11.5. The molecule has 1 saturated heterocycles. The molecule has 0 radical (unpaired) electrons. The number of hydrogen-bond donors (Lipinski definition) is 1. The Balaban J connectivity index is 2.04. The number of nitrogens with two attached hydrogens (primary N) is 1. The summed E-state index contributed by atoms with van der Waals surface area (Å²) in [6.45, 7) is 2.39. The Morgan fingerprint density at radius 1 is 1.31 bits per heavy atom. The molecule has 0 amide bonds. The second kappa shape index (κ2) is 6.05. The molecule has 0 atom stereocenters. The molecule has 0 bridgehead atoms. The average molecular weight is 302 g/mol. The van der Waals surface area contributed by atoms with E-state index in [2.05, 4.69) is 34.1 Å². The fourth-order valence-corrected chi connectivity index (χ4v) is 3.71. The molecule has 1 fully saturated rings. The van der Waals surface area contributed by atoms with Crippen LogP contribution in [0.15, 0.2) is 27.6 Å². The van der Waals surface area contributed by atoms with E-state index in [0.29, 0.717) is 11.8 Å². The monoisotopic (exact) mass is 301 g/mol. The molecule has 0 spiro atoms. The van der Waals surface area contributed by atoms with Gasteiger partial charge in [0, 0.05) is 34.4 Å². The van der Waals surface area contributed by atoms with E-state index in [0.717, 1.165) is 30.5 Å². The Bertz CT molecular complexity index is 353. The molecule has 0 aromatic heterocycles. The van der Waals surface area contributed by atoms with Gasteiger partial charge in [0.25, 0.3) is 0 Å². The fourth-order valence-electron chi connectivity index (χ4n) is 1.79. The van der Waals surface area contributed by atoms with Gasteiger partial charge >= 0.3 is 0 Å². The van der Waals surface area contributed by atoms with Crippen molar-refractivity contribution in [1.82, 2.24) is 0 Å². The molecule has 16 heavy (non-hydrogen) atoms. The molecular weight excluding hydrogens is 286 g/mol. The van der Waals surface area contributed by atoms with E-state index >= 15 is 0 Å². The molecule has 2 rings (SSSR count). The number of benzene rings is 1. The maximum absolute atomic E-state index is 5.67. The topological polar surface area (TPSA) is 35.2 Å². The number of ether oxygens (including phenoxy) is 1. The van der Waals surface area contributed by atoms with Gasteiger partial charge in [-0.1, -0.05) is 15.9 Å². The molecule has 88 valence electrons. The lowest BCUT2D eigenvalue weighted by molar-refractivity contribution is 0.100. The van der Waals surface area contributed by atoms with Gasteiger partial charge in [-0.25, -0.2) is 0 Å². The van der Waals surface area contributed by atoms with Crippen molar-refractivity contribution in [2.24, 2.45) is 5.73 Å². The first kappa shape index (κ1) is 12.4. The second-order valence-corrected chi connectivity index (χ2v) is 6.22. The van der Waals surface area contributed by atoms with Crippen LogP contribution in [0.4, 0.5) is 0 Å².